The second-order valence-electron chi connectivity index (χ2n) is 8.57. The van der Waals surface area contributed by atoms with Gasteiger partial charge < -0.3 is 4.74 Å². The van der Waals surface area contributed by atoms with E-state index in [0.717, 1.165) is 12.0 Å². The number of piperidine rings is 1. The van der Waals surface area contributed by atoms with Gasteiger partial charge in [0.2, 0.25) is 10.0 Å². The monoisotopic (exact) mass is 430 g/mol. The van der Waals surface area contributed by atoms with Crippen LogP contribution in [0, 0.1) is 0 Å². The van der Waals surface area contributed by atoms with E-state index < -0.39 is 21.7 Å². The lowest BCUT2D eigenvalue weighted by Crippen LogP contribution is -2.52. The third-order valence-corrected chi connectivity index (χ3v) is 6.88. The second-order valence-corrected chi connectivity index (χ2v) is 10.5. The lowest BCUT2D eigenvalue weighted by Gasteiger charge is -2.39. The first-order chi connectivity index (χ1) is 14.2. The van der Waals surface area contributed by atoms with Gasteiger partial charge >= 0.3 is 6.09 Å². The van der Waals surface area contributed by atoms with Crippen molar-refractivity contribution < 1.29 is 17.9 Å². The number of ether oxygens (including phenoxy) is 1. The fourth-order valence-corrected chi connectivity index (χ4v) is 5.12. The minimum Gasteiger partial charge on any atom is -0.444 e. The van der Waals surface area contributed by atoms with Gasteiger partial charge in [-0.15, -0.1) is 0 Å². The van der Waals surface area contributed by atoms with Crippen molar-refractivity contribution in [1.29, 1.82) is 0 Å². The molecule has 1 aliphatic rings. The molecule has 1 saturated heterocycles. The van der Waals surface area contributed by atoms with Crippen molar-refractivity contribution in [2.24, 2.45) is 0 Å². The molecule has 1 amide bonds. The van der Waals surface area contributed by atoms with Gasteiger partial charge in [0.25, 0.3) is 0 Å². The molecule has 1 heterocycles. The van der Waals surface area contributed by atoms with Crippen LogP contribution in [0.3, 0.4) is 0 Å². The highest BCUT2D eigenvalue weighted by Gasteiger charge is 2.36. The number of hydrogen-bond donors (Lipinski definition) is 0. The molecule has 0 bridgehead atoms. The molecule has 7 heteroatoms. The summed E-state index contributed by atoms with van der Waals surface area (Å²) in [6.45, 7) is 6.57. The lowest BCUT2D eigenvalue weighted by molar-refractivity contribution is 0.00811. The minimum atomic E-state index is -3.61. The molecule has 1 aliphatic heterocycles. The average Bonchev–Trinajstić information content (AvgIpc) is 2.72. The molecule has 6 nitrogen and oxygen atoms in total. The first-order valence-corrected chi connectivity index (χ1v) is 11.7. The summed E-state index contributed by atoms with van der Waals surface area (Å²) in [6.07, 6.45) is 0.993. The number of nitrogens with zero attached hydrogens (tertiary/aromatic N) is 2. The summed E-state index contributed by atoms with van der Waals surface area (Å²) < 4.78 is 33.3. The van der Waals surface area contributed by atoms with Gasteiger partial charge in [-0.1, -0.05) is 48.5 Å². The van der Waals surface area contributed by atoms with E-state index >= 15 is 0 Å². The van der Waals surface area contributed by atoms with Crippen LogP contribution in [0.2, 0.25) is 0 Å². The highest BCUT2D eigenvalue weighted by molar-refractivity contribution is 7.89. The SMILES string of the molecule is CC(C)(C)OC(=O)N(Cc1ccccc1)C1CCCN(S(=O)(=O)c2ccccc2)C1. The second kappa shape index (κ2) is 9.18. The predicted molar refractivity (Wildman–Crippen MR) is 116 cm³/mol. The topological polar surface area (TPSA) is 66.9 Å². The van der Waals surface area contributed by atoms with Crippen LogP contribution in [0.15, 0.2) is 65.6 Å². The number of carbonyl (C=O) groups excluding carboxylic acids is 1. The molecule has 2 aromatic rings. The molecule has 0 radical (unpaired) electrons. The van der Waals surface area contributed by atoms with E-state index in [9.17, 15) is 13.2 Å². The number of sulfonamides is 1. The molecule has 2 aromatic carbocycles. The van der Waals surface area contributed by atoms with Crippen LogP contribution in [0.25, 0.3) is 0 Å². The van der Waals surface area contributed by atoms with Crippen LogP contribution in [-0.2, 0) is 21.3 Å². The molecule has 0 aliphatic carbocycles. The summed E-state index contributed by atoms with van der Waals surface area (Å²) in [5.74, 6) is 0. The number of carbonyl (C=O) groups is 1. The summed E-state index contributed by atoms with van der Waals surface area (Å²) in [7, 11) is -3.61. The maximum absolute atomic E-state index is 13.1. The maximum atomic E-state index is 13.1. The number of rotatable bonds is 5. The Hall–Kier alpha value is -2.38. The van der Waals surface area contributed by atoms with Gasteiger partial charge in [0.15, 0.2) is 0 Å². The van der Waals surface area contributed by atoms with Gasteiger partial charge in [-0.2, -0.15) is 4.31 Å². The lowest BCUT2D eigenvalue weighted by atomic mass is 10.1. The molecule has 1 unspecified atom stereocenters. The van der Waals surface area contributed by atoms with E-state index in [4.69, 9.17) is 4.74 Å². The summed E-state index contributed by atoms with van der Waals surface area (Å²) >= 11 is 0. The molecule has 0 N–H and O–H groups in total. The van der Waals surface area contributed by atoms with Gasteiger partial charge in [-0.3, -0.25) is 4.90 Å². The summed E-state index contributed by atoms with van der Waals surface area (Å²) in [5, 5.41) is 0. The fraction of sp³-hybridized carbons (Fsp3) is 0.435. The molecule has 0 aromatic heterocycles. The van der Waals surface area contributed by atoms with Crippen LogP contribution in [-0.4, -0.2) is 48.4 Å². The molecule has 30 heavy (non-hydrogen) atoms. The quantitative estimate of drug-likeness (QED) is 0.710. The number of hydrogen-bond acceptors (Lipinski definition) is 4. The van der Waals surface area contributed by atoms with Crippen LogP contribution in [0.4, 0.5) is 4.79 Å². The van der Waals surface area contributed by atoms with E-state index in [1.54, 1.807) is 35.2 Å². The zero-order chi connectivity index (χ0) is 21.8. The zero-order valence-corrected chi connectivity index (χ0v) is 18.6. The van der Waals surface area contributed by atoms with Crippen LogP contribution >= 0.6 is 0 Å². The van der Waals surface area contributed by atoms with Gasteiger partial charge in [-0.25, -0.2) is 13.2 Å². The van der Waals surface area contributed by atoms with Gasteiger partial charge in [0.1, 0.15) is 5.60 Å². The van der Waals surface area contributed by atoms with Crippen LogP contribution < -0.4 is 0 Å². The Morgan fingerprint density at radius 3 is 2.27 bits per heavy atom. The predicted octanol–water partition coefficient (Wildman–Crippen LogP) is 4.28. The van der Waals surface area contributed by atoms with E-state index in [1.807, 2.05) is 51.1 Å². The van der Waals surface area contributed by atoms with Crippen molar-refractivity contribution in [3.63, 3.8) is 0 Å². The summed E-state index contributed by atoms with van der Waals surface area (Å²) in [6, 6.07) is 17.9. The van der Waals surface area contributed by atoms with Crippen molar-refractivity contribution in [3.05, 3.63) is 66.2 Å². The molecule has 1 atom stereocenters. The molecule has 162 valence electrons. The fourth-order valence-electron chi connectivity index (χ4n) is 3.58. The first kappa shape index (κ1) is 22.3. The Bertz CT molecular complexity index is 940. The largest absolute Gasteiger partial charge is 0.444 e. The molecule has 1 fully saturated rings. The Morgan fingerprint density at radius 2 is 1.67 bits per heavy atom. The average molecular weight is 431 g/mol. The number of benzene rings is 2. The third kappa shape index (κ3) is 5.61. The first-order valence-electron chi connectivity index (χ1n) is 10.3. The van der Waals surface area contributed by atoms with E-state index in [0.29, 0.717) is 19.5 Å². The van der Waals surface area contributed by atoms with Gasteiger partial charge in [-0.05, 0) is 51.3 Å². The molecule has 3 rings (SSSR count). The Kier molecular flexibility index (Phi) is 6.83. The number of amides is 1. The highest BCUT2D eigenvalue weighted by atomic mass is 32.2. The van der Waals surface area contributed by atoms with Crippen molar-refractivity contribution in [1.82, 2.24) is 9.21 Å². The Morgan fingerprint density at radius 1 is 1.07 bits per heavy atom. The van der Waals surface area contributed by atoms with Crippen LogP contribution in [0.1, 0.15) is 39.2 Å². The highest BCUT2D eigenvalue weighted by Crippen LogP contribution is 2.25. The van der Waals surface area contributed by atoms with Crippen molar-refractivity contribution in [2.75, 3.05) is 13.1 Å². The van der Waals surface area contributed by atoms with Crippen molar-refractivity contribution >= 4 is 16.1 Å². The van der Waals surface area contributed by atoms with Gasteiger partial charge in [0.05, 0.1) is 4.90 Å². The van der Waals surface area contributed by atoms with Gasteiger partial charge in [0, 0.05) is 25.7 Å². The zero-order valence-electron chi connectivity index (χ0n) is 17.8. The van der Waals surface area contributed by atoms with E-state index in [1.165, 1.54) is 4.31 Å². The Balaban J connectivity index is 1.84. The normalized spacial score (nSPS) is 18.0. The van der Waals surface area contributed by atoms with Crippen LogP contribution in [0.5, 0.6) is 0 Å². The van der Waals surface area contributed by atoms with E-state index in [-0.39, 0.29) is 17.5 Å². The summed E-state index contributed by atoms with van der Waals surface area (Å²) in [5.41, 5.74) is 0.350. The smallest absolute Gasteiger partial charge is 0.410 e. The minimum absolute atomic E-state index is 0.253. The summed E-state index contributed by atoms with van der Waals surface area (Å²) in [4.78, 5) is 15.0. The maximum Gasteiger partial charge on any atom is 0.410 e. The standard InChI is InChI=1S/C23H30N2O4S/c1-23(2,3)29-22(26)25(17-19-11-6-4-7-12-19)20-13-10-16-24(18-20)30(27,28)21-14-8-5-9-15-21/h4-9,11-12,14-15,20H,10,13,16-18H2,1-3H3. The molecule has 0 spiro atoms. The molecule has 0 saturated carbocycles. The Labute approximate surface area is 179 Å². The molecular weight excluding hydrogens is 400 g/mol. The van der Waals surface area contributed by atoms with E-state index in [2.05, 4.69) is 0 Å². The van der Waals surface area contributed by atoms with Crippen molar-refractivity contribution in [2.45, 2.75) is 56.7 Å². The van der Waals surface area contributed by atoms with Crippen molar-refractivity contribution in [3.8, 4) is 0 Å². The molecular formula is C23H30N2O4S. The third-order valence-electron chi connectivity index (χ3n) is 5.00.